The van der Waals surface area contributed by atoms with Gasteiger partial charge in [0.2, 0.25) is 0 Å². The Kier molecular flexibility index (Phi) is 9.62. The first-order chi connectivity index (χ1) is 19.3. The molecule has 40 heavy (non-hydrogen) atoms. The zero-order valence-electron chi connectivity index (χ0n) is 24.7. The predicted molar refractivity (Wildman–Crippen MR) is 162 cm³/mol. The van der Waals surface area contributed by atoms with Gasteiger partial charge in [0.15, 0.2) is 5.01 Å². The van der Waals surface area contributed by atoms with Crippen molar-refractivity contribution in [2.75, 3.05) is 13.2 Å². The lowest BCUT2D eigenvalue weighted by Crippen LogP contribution is -2.38. The lowest BCUT2D eigenvalue weighted by molar-refractivity contribution is 0.0696. The van der Waals surface area contributed by atoms with E-state index in [9.17, 15) is 9.59 Å². The topological polar surface area (TPSA) is 80.3 Å². The molecule has 6 nitrogen and oxygen atoms in total. The third kappa shape index (κ3) is 7.33. The molecule has 3 fully saturated rings. The fraction of sp³-hybridized carbons (Fsp3) is 0.667. The van der Waals surface area contributed by atoms with Gasteiger partial charge in [0.1, 0.15) is 0 Å². The van der Waals surface area contributed by atoms with Crippen molar-refractivity contribution >= 4 is 23.2 Å². The van der Waals surface area contributed by atoms with Gasteiger partial charge in [-0.05, 0) is 66.7 Å². The smallest absolute Gasteiger partial charge is 0.280 e. The first-order valence-corrected chi connectivity index (χ1v) is 16.4. The lowest BCUT2D eigenvalue weighted by atomic mass is 9.81. The number of hydrogen-bond acceptors (Lipinski definition) is 5. The number of nitrogens with one attached hydrogen (secondary N) is 2. The van der Waals surface area contributed by atoms with Crippen LogP contribution in [0, 0.1) is 5.92 Å². The summed E-state index contributed by atoms with van der Waals surface area (Å²) in [5, 5.41) is 7.07. The summed E-state index contributed by atoms with van der Waals surface area (Å²) in [6.45, 7) is 7.90. The second-order valence-electron chi connectivity index (χ2n) is 13.2. The Morgan fingerprint density at radius 3 is 2.17 bits per heavy atom. The molecule has 2 saturated carbocycles. The monoisotopic (exact) mass is 565 g/mol. The van der Waals surface area contributed by atoms with E-state index in [-0.39, 0.29) is 29.3 Å². The molecule has 1 saturated heterocycles. The number of thiazole rings is 1. The van der Waals surface area contributed by atoms with Crippen LogP contribution in [-0.4, -0.2) is 42.1 Å². The van der Waals surface area contributed by atoms with E-state index in [1.807, 2.05) is 6.07 Å². The van der Waals surface area contributed by atoms with Crippen molar-refractivity contribution in [2.45, 2.75) is 122 Å². The quantitative estimate of drug-likeness (QED) is 0.372. The Morgan fingerprint density at radius 1 is 0.875 bits per heavy atom. The minimum Gasteiger partial charge on any atom is -0.381 e. The van der Waals surface area contributed by atoms with E-state index in [0.29, 0.717) is 24.1 Å². The van der Waals surface area contributed by atoms with E-state index in [0.717, 1.165) is 59.4 Å². The number of carbonyl (C=O) groups excluding carboxylic acids is 2. The first-order valence-electron chi connectivity index (χ1n) is 15.6. The van der Waals surface area contributed by atoms with E-state index < -0.39 is 0 Å². The third-order valence-corrected chi connectivity index (χ3v) is 10.1. The van der Waals surface area contributed by atoms with Crippen LogP contribution < -0.4 is 10.6 Å². The Hall–Kier alpha value is -2.25. The molecule has 1 aromatic heterocycles. The Bertz CT molecular complexity index is 1170. The number of nitrogens with zero attached hydrogens (tertiary/aromatic N) is 1. The number of rotatable bonds is 7. The van der Waals surface area contributed by atoms with Crippen LogP contribution in [0.2, 0.25) is 0 Å². The molecule has 0 atom stereocenters. The van der Waals surface area contributed by atoms with E-state index in [1.54, 1.807) is 0 Å². The summed E-state index contributed by atoms with van der Waals surface area (Å²) in [6.07, 6.45) is 14.7. The van der Waals surface area contributed by atoms with Crippen molar-refractivity contribution in [1.29, 1.82) is 0 Å². The molecule has 5 rings (SSSR count). The van der Waals surface area contributed by atoms with Gasteiger partial charge in [-0.15, -0.1) is 11.3 Å². The highest BCUT2D eigenvalue weighted by molar-refractivity contribution is 7.17. The van der Waals surface area contributed by atoms with Gasteiger partial charge in [0.25, 0.3) is 11.8 Å². The molecule has 2 N–H and O–H groups in total. The summed E-state index contributed by atoms with van der Waals surface area (Å²) in [5.74, 6) is 0.572. The molecule has 0 spiro atoms. The summed E-state index contributed by atoms with van der Waals surface area (Å²) in [4.78, 5) is 32.8. The number of aromatic nitrogens is 1. The van der Waals surface area contributed by atoms with Gasteiger partial charge in [-0.1, -0.05) is 78.2 Å². The summed E-state index contributed by atoms with van der Waals surface area (Å²) >= 11 is 1.50. The number of ether oxygens (including phenoxy) is 1. The van der Waals surface area contributed by atoms with Crippen molar-refractivity contribution in [2.24, 2.45) is 5.92 Å². The molecule has 1 aromatic carbocycles. The normalized spacial score (nSPS) is 19.9. The standard InChI is InChI=1S/C33H47N3O3S/c1-33(2,3)27-21-23(14-15-26(27)30(37)34-24-12-8-5-9-13-24)29-28(20-22-10-6-4-7-11-22)36-32(40-29)31(38)35-25-16-18-39-19-17-25/h14-15,21-22,24-25H,4-13,16-20H2,1-3H3,(H,34,37)(H,35,38). The zero-order chi connectivity index (χ0) is 28.1. The summed E-state index contributed by atoms with van der Waals surface area (Å²) in [7, 11) is 0. The number of carbonyl (C=O) groups is 2. The van der Waals surface area contributed by atoms with Gasteiger partial charge < -0.3 is 15.4 Å². The highest BCUT2D eigenvalue weighted by atomic mass is 32.1. The molecular formula is C33H47N3O3S. The van der Waals surface area contributed by atoms with Crippen molar-refractivity contribution in [3.63, 3.8) is 0 Å². The summed E-state index contributed by atoms with van der Waals surface area (Å²) in [6, 6.07) is 6.68. The van der Waals surface area contributed by atoms with E-state index in [1.165, 1.54) is 62.7 Å². The Morgan fingerprint density at radius 2 is 1.50 bits per heavy atom. The van der Waals surface area contributed by atoms with Crippen molar-refractivity contribution in [3.05, 3.63) is 40.0 Å². The summed E-state index contributed by atoms with van der Waals surface area (Å²) in [5.41, 5.74) is 3.70. The maximum atomic E-state index is 13.5. The largest absolute Gasteiger partial charge is 0.381 e. The molecule has 218 valence electrons. The van der Waals surface area contributed by atoms with Gasteiger partial charge in [-0.2, -0.15) is 0 Å². The molecule has 3 aliphatic rings. The average molecular weight is 566 g/mol. The van der Waals surface area contributed by atoms with Crippen LogP contribution in [0.1, 0.15) is 129 Å². The predicted octanol–water partition coefficient (Wildman–Crippen LogP) is 7.20. The van der Waals surface area contributed by atoms with Gasteiger partial charge in [-0.25, -0.2) is 4.98 Å². The SMILES string of the molecule is CC(C)(C)c1cc(-c2sc(C(=O)NC3CCOCC3)nc2CC2CCCCC2)ccc1C(=O)NC1CCCCC1. The van der Waals surface area contributed by atoms with Crippen LogP contribution >= 0.6 is 11.3 Å². The van der Waals surface area contributed by atoms with Gasteiger partial charge >= 0.3 is 0 Å². The second kappa shape index (κ2) is 13.2. The summed E-state index contributed by atoms with van der Waals surface area (Å²) < 4.78 is 5.47. The molecule has 2 amide bonds. The molecule has 1 aliphatic heterocycles. The highest BCUT2D eigenvalue weighted by Gasteiger charge is 2.28. The third-order valence-electron chi connectivity index (χ3n) is 8.93. The second-order valence-corrected chi connectivity index (χ2v) is 14.2. The number of benzene rings is 1. The van der Waals surface area contributed by atoms with Crippen molar-refractivity contribution in [3.8, 4) is 10.4 Å². The maximum Gasteiger partial charge on any atom is 0.280 e. The van der Waals surface area contributed by atoms with Crippen molar-refractivity contribution in [1.82, 2.24) is 15.6 Å². The van der Waals surface area contributed by atoms with E-state index in [4.69, 9.17) is 9.72 Å². The Balaban J connectivity index is 1.45. The average Bonchev–Trinajstić information content (AvgIpc) is 3.38. The molecule has 2 heterocycles. The van der Waals surface area contributed by atoms with Crippen LogP contribution in [0.5, 0.6) is 0 Å². The fourth-order valence-electron chi connectivity index (χ4n) is 6.58. The first kappa shape index (κ1) is 29.2. The Labute approximate surface area is 244 Å². The van der Waals surface area contributed by atoms with Crippen LogP contribution in [0.15, 0.2) is 18.2 Å². The van der Waals surface area contributed by atoms with Crippen LogP contribution in [-0.2, 0) is 16.6 Å². The van der Waals surface area contributed by atoms with E-state index in [2.05, 4.69) is 43.5 Å². The van der Waals surface area contributed by atoms with Gasteiger partial charge in [0, 0.05) is 30.9 Å². The van der Waals surface area contributed by atoms with E-state index >= 15 is 0 Å². The van der Waals surface area contributed by atoms with Crippen LogP contribution in [0.25, 0.3) is 10.4 Å². The molecule has 0 radical (unpaired) electrons. The molecule has 2 aromatic rings. The molecular weight excluding hydrogens is 518 g/mol. The molecule has 7 heteroatoms. The minimum absolute atomic E-state index is 0.0339. The zero-order valence-corrected chi connectivity index (χ0v) is 25.5. The van der Waals surface area contributed by atoms with Gasteiger partial charge in [-0.3, -0.25) is 9.59 Å². The fourth-order valence-corrected chi connectivity index (χ4v) is 7.57. The molecule has 0 bridgehead atoms. The van der Waals surface area contributed by atoms with Crippen LogP contribution in [0.3, 0.4) is 0 Å². The van der Waals surface area contributed by atoms with Gasteiger partial charge in [0.05, 0.1) is 10.6 Å². The lowest BCUT2D eigenvalue weighted by Gasteiger charge is -2.27. The molecule has 0 unspecified atom stereocenters. The van der Waals surface area contributed by atoms with Crippen LogP contribution in [0.4, 0.5) is 0 Å². The van der Waals surface area contributed by atoms with Crippen molar-refractivity contribution < 1.29 is 14.3 Å². The highest BCUT2D eigenvalue weighted by Crippen LogP contribution is 2.38. The molecule has 2 aliphatic carbocycles. The maximum absolute atomic E-state index is 13.5. The number of amides is 2. The minimum atomic E-state index is -0.202. The number of hydrogen-bond donors (Lipinski definition) is 2.